The maximum Gasteiger partial charge on any atom is 0.284 e. The lowest BCUT2D eigenvalue weighted by Gasteiger charge is -2.22. The fourth-order valence-electron chi connectivity index (χ4n) is 1.55. The van der Waals surface area contributed by atoms with Crippen LogP contribution < -0.4 is 4.74 Å². The van der Waals surface area contributed by atoms with Gasteiger partial charge in [0.25, 0.3) is 4.52 Å². The molecule has 0 aromatic heterocycles. The molecule has 2 rings (SSSR count). The molecule has 0 saturated heterocycles. The van der Waals surface area contributed by atoms with E-state index in [9.17, 15) is 0 Å². The van der Waals surface area contributed by atoms with Gasteiger partial charge in [0.1, 0.15) is 5.75 Å². The summed E-state index contributed by atoms with van der Waals surface area (Å²) in [5, 5.41) is 9.06. The summed E-state index contributed by atoms with van der Waals surface area (Å²) in [4.78, 5) is 0. The van der Waals surface area contributed by atoms with Crippen molar-refractivity contribution in [3.05, 3.63) is 65.7 Å². The average molecular weight is 283 g/mol. The Morgan fingerprint density at radius 3 is 2.39 bits per heavy atom. The largest absolute Gasteiger partial charge is 0.454 e. The normalized spacial score (nSPS) is 11.3. The SMILES string of the molecule is OCc1cccc(OC(Cl)(Cl)c2ccccc2)c1. The van der Waals surface area contributed by atoms with E-state index in [1.807, 2.05) is 18.2 Å². The minimum Gasteiger partial charge on any atom is -0.454 e. The Morgan fingerprint density at radius 2 is 1.72 bits per heavy atom. The number of aliphatic hydroxyl groups excluding tert-OH is 1. The van der Waals surface area contributed by atoms with E-state index in [4.69, 9.17) is 33.0 Å². The number of hydrogen-bond acceptors (Lipinski definition) is 2. The first-order valence-corrected chi connectivity index (χ1v) is 6.19. The van der Waals surface area contributed by atoms with Crippen LogP contribution in [0.2, 0.25) is 0 Å². The van der Waals surface area contributed by atoms with E-state index in [1.54, 1.807) is 36.4 Å². The number of ether oxygens (including phenoxy) is 1. The van der Waals surface area contributed by atoms with Gasteiger partial charge >= 0.3 is 0 Å². The number of benzene rings is 2. The predicted molar refractivity (Wildman–Crippen MR) is 72.8 cm³/mol. The van der Waals surface area contributed by atoms with Gasteiger partial charge in [0.2, 0.25) is 0 Å². The highest BCUT2D eigenvalue weighted by Crippen LogP contribution is 2.36. The fraction of sp³-hybridized carbons (Fsp3) is 0.143. The molecule has 0 saturated carbocycles. The molecule has 2 nitrogen and oxygen atoms in total. The maximum absolute atomic E-state index is 9.06. The molecule has 0 heterocycles. The lowest BCUT2D eigenvalue weighted by Crippen LogP contribution is -2.19. The van der Waals surface area contributed by atoms with Gasteiger partial charge in [-0.05, 0) is 17.7 Å². The summed E-state index contributed by atoms with van der Waals surface area (Å²) in [5.41, 5.74) is 1.40. The highest BCUT2D eigenvalue weighted by atomic mass is 35.5. The molecule has 0 amide bonds. The molecule has 0 radical (unpaired) electrons. The number of hydrogen-bond donors (Lipinski definition) is 1. The van der Waals surface area contributed by atoms with Crippen molar-refractivity contribution in [1.82, 2.24) is 0 Å². The Hall–Kier alpha value is -1.22. The van der Waals surface area contributed by atoms with Gasteiger partial charge in [-0.1, -0.05) is 65.7 Å². The third-order valence-electron chi connectivity index (χ3n) is 2.44. The molecule has 0 aliphatic heterocycles. The van der Waals surface area contributed by atoms with E-state index in [0.29, 0.717) is 11.3 Å². The van der Waals surface area contributed by atoms with Gasteiger partial charge in [-0.2, -0.15) is 0 Å². The molecule has 94 valence electrons. The van der Waals surface area contributed by atoms with Crippen molar-refractivity contribution in [2.24, 2.45) is 0 Å². The summed E-state index contributed by atoms with van der Waals surface area (Å²) in [5.74, 6) is 0.510. The van der Waals surface area contributed by atoms with Crippen molar-refractivity contribution in [3.8, 4) is 5.75 Å². The Bertz CT molecular complexity index is 512. The molecular weight excluding hydrogens is 271 g/mol. The van der Waals surface area contributed by atoms with Crippen LogP contribution in [-0.4, -0.2) is 5.11 Å². The van der Waals surface area contributed by atoms with E-state index in [0.717, 1.165) is 5.56 Å². The molecule has 0 atom stereocenters. The quantitative estimate of drug-likeness (QED) is 0.864. The van der Waals surface area contributed by atoms with E-state index < -0.39 is 4.52 Å². The standard InChI is InChI=1S/C14H12Cl2O2/c15-14(16,12-6-2-1-3-7-12)18-13-8-4-5-11(9-13)10-17/h1-9,17H,10H2. The van der Waals surface area contributed by atoms with Crippen molar-refractivity contribution in [1.29, 1.82) is 0 Å². The molecule has 2 aromatic carbocycles. The van der Waals surface area contributed by atoms with Crippen molar-refractivity contribution in [3.63, 3.8) is 0 Å². The fourth-order valence-corrected chi connectivity index (χ4v) is 1.98. The summed E-state index contributed by atoms with van der Waals surface area (Å²) < 4.78 is 4.10. The third-order valence-corrected chi connectivity index (χ3v) is 3.03. The Morgan fingerprint density at radius 1 is 1.00 bits per heavy atom. The topological polar surface area (TPSA) is 29.5 Å². The van der Waals surface area contributed by atoms with Crippen molar-refractivity contribution < 1.29 is 9.84 Å². The first kappa shape index (κ1) is 13.2. The molecule has 0 aliphatic carbocycles. The molecule has 4 heteroatoms. The van der Waals surface area contributed by atoms with Crippen LogP contribution in [0.25, 0.3) is 0 Å². The molecule has 0 bridgehead atoms. The van der Waals surface area contributed by atoms with E-state index in [2.05, 4.69) is 0 Å². The van der Waals surface area contributed by atoms with Crippen LogP contribution >= 0.6 is 23.2 Å². The van der Waals surface area contributed by atoms with Gasteiger partial charge in [-0.3, -0.25) is 0 Å². The highest BCUT2D eigenvalue weighted by molar-refractivity contribution is 6.47. The number of alkyl halides is 2. The average Bonchev–Trinajstić information content (AvgIpc) is 2.39. The molecular formula is C14H12Cl2O2. The third kappa shape index (κ3) is 3.16. The second kappa shape index (κ2) is 5.61. The second-order valence-electron chi connectivity index (χ2n) is 3.79. The van der Waals surface area contributed by atoms with Crippen LogP contribution in [0.15, 0.2) is 54.6 Å². The monoisotopic (exact) mass is 282 g/mol. The van der Waals surface area contributed by atoms with Crippen molar-refractivity contribution >= 4 is 23.2 Å². The zero-order chi connectivity index (χ0) is 13.0. The lowest BCUT2D eigenvalue weighted by molar-refractivity contribution is 0.243. The lowest BCUT2D eigenvalue weighted by atomic mass is 10.2. The predicted octanol–water partition coefficient (Wildman–Crippen LogP) is 3.85. The first-order valence-electron chi connectivity index (χ1n) is 5.44. The Labute approximate surface area is 116 Å². The second-order valence-corrected chi connectivity index (χ2v) is 5.05. The van der Waals surface area contributed by atoms with Gasteiger partial charge in [0, 0.05) is 5.56 Å². The van der Waals surface area contributed by atoms with Gasteiger partial charge in [0.15, 0.2) is 0 Å². The van der Waals surface area contributed by atoms with Crippen LogP contribution in [0.3, 0.4) is 0 Å². The summed E-state index contributed by atoms with van der Waals surface area (Å²) in [6, 6.07) is 16.1. The highest BCUT2D eigenvalue weighted by Gasteiger charge is 2.28. The zero-order valence-corrected chi connectivity index (χ0v) is 11.0. The van der Waals surface area contributed by atoms with Crippen LogP contribution in [0.5, 0.6) is 5.75 Å². The summed E-state index contributed by atoms with van der Waals surface area (Å²) in [6.45, 7) is -0.0554. The zero-order valence-electron chi connectivity index (χ0n) is 9.51. The van der Waals surface area contributed by atoms with Crippen LogP contribution in [0.1, 0.15) is 11.1 Å². The number of halogens is 2. The van der Waals surface area contributed by atoms with Gasteiger partial charge < -0.3 is 9.84 Å². The minimum absolute atomic E-state index is 0.0554. The van der Waals surface area contributed by atoms with E-state index >= 15 is 0 Å². The smallest absolute Gasteiger partial charge is 0.284 e. The molecule has 18 heavy (non-hydrogen) atoms. The van der Waals surface area contributed by atoms with Gasteiger partial charge in [-0.25, -0.2) is 0 Å². The minimum atomic E-state index is -1.45. The van der Waals surface area contributed by atoms with Crippen molar-refractivity contribution in [2.45, 2.75) is 11.1 Å². The number of aliphatic hydroxyl groups is 1. The summed E-state index contributed by atoms with van der Waals surface area (Å²) in [7, 11) is 0. The van der Waals surface area contributed by atoms with Gasteiger partial charge in [-0.15, -0.1) is 0 Å². The molecule has 0 spiro atoms. The molecule has 0 unspecified atom stereocenters. The Kier molecular flexibility index (Phi) is 4.12. The summed E-state index contributed by atoms with van der Waals surface area (Å²) >= 11 is 12.3. The maximum atomic E-state index is 9.06. The Balaban J connectivity index is 2.22. The van der Waals surface area contributed by atoms with E-state index in [-0.39, 0.29) is 6.61 Å². The van der Waals surface area contributed by atoms with Crippen molar-refractivity contribution in [2.75, 3.05) is 0 Å². The molecule has 0 aliphatic rings. The van der Waals surface area contributed by atoms with Crippen LogP contribution in [0, 0.1) is 0 Å². The van der Waals surface area contributed by atoms with E-state index in [1.165, 1.54) is 0 Å². The van der Waals surface area contributed by atoms with Crippen LogP contribution in [-0.2, 0) is 11.1 Å². The molecule has 1 N–H and O–H groups in total. The number of rotatable bonds is 4. The van der Waals surface area contributed by atoms with Crippen LogP contribution in [0.4, 0.5) is 0 Å². The molecule has 0 fully saturated rings. The first-order chi connectivity index (χ1) is 8.62. The van der Waals surface area contributed by atoms with Gasteiger partial charge in [0.05, 0.1) is 6.61 Å². The molecule has 2 aromatic rings. The summed E-state index contributed by atoms with van der Waals surface area (Å²) in [6.07, 6.45) is 0.